The van der Waals surface area contributed by atoms with Gasteiger partial charge in [-0.3, -0.25) is 24.1 Å². The number of non-ortho nitro benzene ring substituents is 1. The summed E-state index contributed by atoms with van der Waals surface area (Å²) in [6.45, 7) is 3.67. The maximum atomic E-state index is 13.6. The minimum atomic E-state index is -4.36. The van der Waals surface area contributed by atoms with Crippen LogP contribution in [0.1, 0.15) is 19.4 Å². The summed E-state index contributed by atoms with van der Waals surface area (Å²) in [6.07, 6.45) is -1.53. The number of methoxy groups -OCH3 is 1. The van der Waals surface area contributed by atoms with Gasteiger partial charge in [-0.25, -0.2) is 13.2 Å². The highest BCUT2D eigenvalue weighted by Crippen LogP contribution is 2.36. The second-order valence-corrected chi connectivity index (χ2v) is 10.4. The van der Waals surface area contributed by atoms with Crippen molar-refractivity contribution in [3.63, 3.8) is 0 Å². The Morgan fingerprint density at radius 2 is 1.83 bits per heavy atom. The van der Waals surface area contributed by atoms with E-state index in [-0.39, 0.29) is 16.3 Å². The number of β-amino-alcohol motifs (C(OH)–C–C–N with tert-alkyl or cyclic N) is 1. The molecule has 1 aliphatic rings. The van der Waals surface area contributed by atoms with Crippen LogP contribution in [-0.2, 0) is 14.8 Å². The van der Waals surface area contributed by atoms with E-state index in [0.29, 0.717) is 0 Å². The number of nitro benzene ring substituents is 1. The molecule has 3 rings (SSSR count). The van der Waals surface area contributed by atoms with Crippen LogP contribution in [0.15, 0.2) is 47.4 Å². The number of imide groups is 1. The summed E-state index contributed by atoms with van der Waals surface area (Å²) in [7, 11) is -3.09. The summed E-state index contributed by atoms with van der Waals surface area (Å²) in [5, 5.41) is 24.6. The molecule has 13 heteroatoms. The van der Waals surface area contributed by atoms with Crippen molar-refractivity contribution in [1.29, 1.82) is 0 Å². The Morgan fingerprint density at radius 1 is 1.20 bits per heavy atom. The number of ether oxygens (including phenoxy) is 1. The van der Waals surface area contributed by atoms with Crippen molar-refractivity contribution in [2.24, 2.45) is 0 Å². The van der Waals surface area contributed by atoms with Gasteiger partial charge in [0.05, 0.1) is 36.1 Å². The van der Waals surface area contributed by atoms with Crippen molar-refractivity contribution in [3.8, 4) is 5.75 Å². The van der Waals surface area contributed by atoms with Crippen molar-refractivity contribution in [1.82, 2.24) is 10.2 Å². The number of nitrogens with zero attached hydrogens (tertiary/aromatic N) is 3. The lowest BCUT2D eigenvalue weighted by atomic mass is 10.1. The van der Waals surface area contributed by atoms with Gasteiger partial charge in [-0.15, -0.1) is 0 Å². The highest BCUT2D eigenvalue weighted by atomic mass is 32.2. The van der Waals surface area contributed by atoms with E-state index >= 15 is 0 Å². The second-order valence-electron chi connectivity index (χ2n) is 8.59. The molecule has 2 aromatic carbocycles. The molecule has 2 aromatic rings. The number of aliphatic hydroxyl groups is 1. The number of hydrogen-bond donors (Lipinski definition) is 2. The zero-order valence-corrected chi connectivity index (χ0v) is 20.4. The van der Waals surface area contributed by atoms with Gasteiger partial charge in [0.25, 0.3) is 21.6 Å². The minimum Gasteiger partial charge on any atom is -0.495 e. The normalized spacial score (nSPS) is 16.1. The largest absolute Gasteiger partial charge is 0.495 e. The molecule has 0 radical (unpaired) electrons. The second kappa shape index (κ2) is 9.50. The van der Waals surface area contributed by atoms with Crippen LogP contribution in [-0.4, -0.2) is 67.1 Å². The molecule has 1 heterocycles. The molecule has 0 aromatic heterocycles. The van der Waals surface area contributed by atoms with E-state index in [9.17, 15) is 33.2 Å². The summed E-state index contributed by atoms with van der Waals surface area (Å²) in [5.74, 6) is -0.572. The van der Waals surface area contributed by atoms with Crippen LogP contribution in [0.3, 0.4) is 0 Å². The Kier molecular flexibility index (Phi) is 7.03. The lowest BCUT2D eigenvalue weighted by molar-refractivity contribution is -0.384. The third-order valence-corrected chi connectivity index (χ3v) is 7.26. The van der Waals surface area contributed by atoms with E-state index < -0.39 is 57.3 Å². The van der Waals surface area contributed by atoms with Crippen molar-refractivity contribution < 1.29 is 32.8 Å². The van der Waals surface area contributed by atoms with Crippen LogP contribution in [0.2, 0.25) is 0 Å². The molecule has 0 bridgehead atoms. The molecule has 0 spiro atoms. The number of sulfonamides is 1. The van der Waals surface area contributed by atoms with Crippen molar-refractivity contribution in [2.45, 2.75) is 37.3 Å². The standard InChI is InChI=1S/C22H26N4O8S/c1-14-5-8-17(9-6-14)35(32,33)25(18-11-15(26(30)31)7-10-19(18)34-4)13-16(27)12-24-20(28)22(2,3)23-21(24)29/h5-11,16,27H,12-13H2,1-4H3,(H,23,29). The van der Waals surface area contributed by atoms with Crippen LogP contribution >= 0.6 is 0 Å². The average molecular weight is 507 g/mol. The number of anilines is 1. The number of aryl methyl sites for hydroxylation is 1. The summed E-state index contributed by atoms with van der Waals surface area (Å²) in [4.78, 5) is 36.1. The highest BCUT2D eigenvalue weighted by molar-refractivity contribution is 7.92. The Bertz CT molecular complexity index is 1260. The Balaban J connectivity index is 2.05. The van der Waals surface area contributed by atoms with Crippen LogP contribution in [0.25, 0.3) is 0 Å². The number of benzene rings is 2. The number of aliphatic hydroxyl groups excluding tert-OH is 1. The third kappa shape index (κ3) is 5.20. The fourth-order valence-corrected chi connectivity index (χ4v) is 5.10. The van der Waals surface area contributed by atoms with E-state index in [1.165, 1.54) is 39.2 Å². The molecule has 12 nitrogen and oxygen atoms in total. The number of carbonyl (C=O) groups excluding carboxylic acids is 2. The first kappa shape index (κ1) is 25.9. The molecule has 0 saturated carbocycles. The molecule has 1 saturated heterocycles. The SMILES string of the molecule is COc1ccc([N+](=O)[O-])cc1N(CC(O)CN1C(=O)NC(C)(C)C1=O)S(=O)(=O)c1ccc(C)cc1. The van der Waals surface area contributed by atoms with Crippen LogP contribution in [0, 0.1) is 17.0 Å². The van der Waals surface area contributed by atoms with Gasteiger partial charge >= 0.3 is 6.03 Å². The number of amides is 3. The molecular weight excluding hydrogens is 480 g/mol. The molecule has 0 aliphatic carbocycles. The lowest BCUT2D eigenvalue weighted by Gasteiger charge is -2.29. The molecule has 2 N–H and O–H groups in total. The molecular formula is C22H26N4O8S. The topological polar surface area (TPSA) is 159 Å². The van der Waals surface area contributed by atoms with Gasteiger partial charge in [0.1, 0.15) is 17.0 Å². The van der Waals surface area contributed by atoms with Crippen molar-refractivity contribution in [2.75, 3.05) is 24.5 Å². The predicted octanol–water partition coefficient (Wildman–Crippen LogP) is 1.80. The smallest absolute Gasteiger partial charge is 0.325 e. The van der Waals surface area contributed by atoms with E-state index in [1.807, 2.05) is 0 Å². The molecule has 1 fully saturated rings. The van der Waals surface area contributed by atoms with E-state index in [2.05, 4.69) is 5.32 Å². The summed E-state index contributed by atoms with van der Waals surface area (Å²) in [5.41, 5.74) is -0.938. The Morgan fingerprint density at radius 3 is 2.34 bits per heavy atom. The Labute approximate surface area is 202 Å². The van der Waals surface area contributed by atoms with Gasteiger partial charge in [0, 0.05) is 12.1 Å². The average Bonchev–Trinajstić information content (AvgIpc) is 2.98. The quantitative estimate of drug-likeness (QED) is 0.296. The summed E-state index contributed by atoms with van der Waals surface area (Å²) < 4.78 is 33.3. The number of carbonyl (C=O) groups is 2. The van der Waals surface area contributed by atoms with E-state index in [4.69, 9.17) is 4.74 Å². The zero-order chi connectivity index (χ0) is 26.1. The Hall–Kier alpha value is -3.71. The van der Waals surface area contributed by atoms with E-state index in [0.717, 1.165) is 26.9 Å². The molecule has 35 heavy (non-hydrogen) atoms. The predicted molar refractivity (Wildman–Crippen MR) is 126 cm³/mol. The number of nitrogens with one attached hydrogen (secondary N) is 1. The first-order chi connectivity index (χ1) is 16.3. The first-order valence-corrected chi connectivity index (χ1v) is 12.0. The van der Waals surface area contributed by atoms with Gasteiger partial charge < -0.3 is 15.2 Å². The maximum absolute atomic E-state index is 13.6. The fraction of sp³-hybridized carbons (Fsp3) is 0.364. The zero-order valence-electron chi connectivity index (χ0n) is 19.6. The minimum absolute atomic E-state index is 0.00890. The van der Waals surface area contributed by atoms with Crippen molar-refractivity contribution in [3.05, 3.63) is 58.1 Å². The van der Waals surface area contributed by atoms with Gasteiger partial charge in [-0.05, 0) is 39.0 Å². The third-order valence-electron chi connectivity index (χ3n) is 5.47. The van der Waals surface area contributed by atoms with Crippen LogP contribution < -0.4 is 14.4 Å². The molecule has 3 amide bonds. The van der Waals surface area contributed by atoms with Gasteiger partial charge in [0.2, 0.25) is 0 Å². The number of urea groups is 1. The highest BCUT2D eigenvalue weighted by Gasteiger charge is 2.45. The lowest BCUT2D eigenvalue weighted by Crippen LogP contribution is -2.45. The van der Waals surface area contributed by atoms with Crippen molar-refractivity contribution >= 4 is 33.3 Å². The van der Waals surface area contributed by atoms with Crippen LogP contribution in [0.4, 0.5) is 16.2 Å². The van der Waals surface area contributed by atoms with Gasteiger partial charge in [-0.2, -0.15) is 0 Å². The molecule has 1 aliphatic heterocycles. The number of hydrogen-bond acceptors (Lipinski definition) is 8. The molecule has 1 unspecified atom stereocenters. The fourth-order valence-electron chi connectivity index (χ4n) is 3.59. The van der Waals surface area contributed by atoms with Gasteiger partial charge in [-0.1, -0.05) is 17.7 Å². The number of rotatable bonds is 9. The summed E-state index contributed by atoms with van der Waals surface area (Å²) in [6, 6.07) is 8.61. The van der Waals surface area contributed by atoms with Gasteiger partial charge in [0.15, 0.2) is 0 Å². The van der Waals surface area contributed by atoms with Crippen LogP contribution in [0.5, 0.6) is 5.75 Å². The maximum Gasteiger partial charge on any atom is 0.325 e. The monoisotopic (exact) mass is 506 g/mol. The summed E-state index contributed by atoms with van der Waals surface area (Å²) >= 11 is 0. The van der Waals surface area contributed by atoms with E-state index in [1.54, 1.807) is 19.1 Å². The molecule has 188 valence electrons. The number of nitro groups is 1. The molecule has 1 atom stereocenters. The first-order valence-electron chi connectivity index (χ1n) is 10.5.